The van der Waals surface area contributed by atoms with Crippen LogP contribution >= 0.6 is 0 Å². The van der Waals surface area contributed by atoms with E-state index >= 15 is 0 Å². The van der Waals surface area contributed by atoms with Gasteiger partial charge in [-0.2, -0.15) is 13.1 Å². The Morgan fingerprint density at radius 1 is 0.543 bits per heavy atom. The fraction of sp³-hybridized carbons (Fsp3) is 0.586. The Balaban J connectivity index is 0.00000216. The molecule has 0 spiro atoms. The minimum absolute atomic E-state index is 0. The molecule has 2 aliphatic rings. The van der Waals surface area contributed by atoms with Crippen molar-refractivity contribution >= 4 is 0 Å². The van der Waals surface area contributed by atoms with E-state index in [2.05, 4.69) is 70.5 Å². The van der Waals surface area contributed by atoms with E-state index in [-0.39, 0.29) is 49.8 Å². The summed E-state index contributed by atoms with van der Waals surface area (Å²) in [6, 6.07) is 22.3. The second kappa shape index (κ2) is 17.8. The standard InChI is InChI=1S/C29H42N4.2Li/c1-5-14-26(15-6-1)28(24-32-20-9-3-10-21-32)30-18-13-19-31-29(27-16-7-2-8-17-27)25-33-22-11-4-12-23-33;;/h1-2,5-8,14-17,28-29H,3-4,9-13,18-25H2;;/q-2;2*+1/t28-,29-;;/m1../s1. The molecule has 6 heteroatoms. The van der Waals surface area contributed by atoms with E-state index in [0.29, 0.717) is 0 Å². The van der Waals surface area contributed by atoms with Crippen molar-refractivity contribution in [2.45, 2.75) is 57.0 Å². The molecule has 2 aromatic carbocycles. The summed E-state index contributed by atoms with van der Waals surface area (Å²) in [6.07, 6.45) is 9.12. The Bertz CT molecular complexity index is 699. The molecule has 2 fully saturated rings. The molecule has 2 aliphatic heterocycles. The summed E-state index contributed by atoms with van der Waals surface area (Å²) in [6.45, 7) is 8.80. The molecule has 0 aliphatic carbocycles. The molecule has 4 rings (SSSR count). The molecule has 35 heavy (non-hydrogen) atoms. The molecule has 2 saturated heterocycles. The van der Waals surface area contributed by atoms with E-state index in [0.717, 1.165) is 32.6 Å². The van der Waals surface area contributed by atoms with E-state index in [1.165, 1.54) is 75.8 Å². The van der Waals surface area contributed by atoms with Crippen LogP contribution in [0.25, 0.3) is 10.6 Å². The SMILES string of the molecule is [Li+].[Li+].c1ccc([C@@H](CN2CCCCC2)[N-]CCC[N-][C@H](CN2CCCCC2)c2ccccc2)cc1. The van der Waals surface area contributed by atoms with Gasteiger partial charge in [0.25, 0.3) is 0 Å². The van der Waals surface area contributed by atoms with Crippen molar-refractivity contribution in [1.82, 2.24) is 9.80 Å². The normalized spacial score (nSPS) is 18.7. The molecule has 0 radical (unpaired) electrons. The zero-order chi connectivity index (χ0) is 22.6. The maximum atomic E-state index is 5.16. The maximum absolute atomic E-state index is 5.16. The zero-order valence-corrected chi connectivity index (χ0v) is 22.3. The van der Waals surface area contributed by atoms with Gasteiger partial charge in [0.1, 0.15) is 0 Å². The molecule has 180 valence electrons. The van der Waals surface area contributed by atoms with Crippen LogP contribution in [0.4, 0.5) is 0 Å². The largest absolute Gasteiger partial charge is 1.00 e. The van der Waals surface area contributed by atoms with Crippen molar-refractivity contribution in [2.24, 2.45) is 0 Å². The number of nitrogens with zero attached hydrogens (tertiary/aromatic N) is 4. The van der Waals surface area contributed by atoms with Crippen molar-refractivity contribution in [2.75, 3.05) is 52.4 Å². The van der Waals surface area contributed by atoms with Crippen molar-refractivity contribution in [3.8, 4) is 0 Å². The Kier molecular flexibility index (Phi) is 15.7. The predicted octanol–water partition coefficient (Wildman–Crippen LogP) is 0.586. The number of rotatable bonds is 12. The number of benzene rings is 2. The van der Waals surface area contributed by atoms with Gasteiger partial charge in [-0.15, -0.1) is 0 Å². The van der Waals surface area contributed by atoms with Gasteiger partial charge in [-0.05, 0) is 65.0 Å². The van der Waals surface area contributed by atoms with Crippen LogP contribution in [0, 0.1) is 0 Å². The minimum atomic E-state index is 0. The Hall–Kier alpha value is -0.525. The molecule has 0 unspecified atom stereocenters. The van der Waals surface area contributed by atoms with Crippen LogP contribution in [0.15, 0.2) is 60.7 Å². The number of hydrogen-bond acceptors (Lipinski definition) is 2. The van der Waals surface area contributed by atoms with Gasteiger partial charge in [0, 0.05) is 0 Å². The summed E-state index contributed by atoms with van der Waals surface area (Å²) >= 11 is 0. The molecule has 2 aromatic rings. The molecule has 0 saturated carbocycles. The predicted molar refractivity (Wildman–Crippen MR) is 140 cm³/mol. The summed E-state index contributed by atoms with van der Waals surface area (Å²) < 4.78 is 0. The van der Waals surface area contributed by atoms with Crippen molar-refractivity contribution < 1.29 is 37.7 Å². The fourth-order valence-electron chi connectivity index (χ4n) is 5.23. The molecule has 0 amide bonds. The van der Waals surface area contributed by atoms with Crippen molar-refractivity contribution in [3.05, 3.63) is 82.4 Å². The van der Waals surface area contributed by atoms with Crippen LogP contribution in [0.5, 0.6) is 0 Å². The summed E-state index contributed by atoms with van der Waals surface area (Å²) in [5, 5.41) is 10.3. The molecule has 2 atom stereocenters. The molecule has 0 bridgehead atoms. The Morgan fingerprint density at radius 2 is 0.914 bits per heavy atom. The molecule has 0 aromatic heterocycles. The fourth-order valence-corrected chi connectivity index (χ4v) is 5.23. The van der Waals surface area contributed by atoms with Gasteiger partial charge in [0.2, 0.25) is 0 Å². The van der Waals surface area contributed by atoms with Crippen LogP contribution in [-0.2, 0) is 0 Å². The second-order valence-electron chi connectivity index (χ2n) is 9.74. The monoisotopic (exact) mass is 460 g/mol. The van der Waals surface area contributed by atoms with Gasteiger partial charge in [-0.25, -0.2) is 0 Å². The quantitative estimate of drug-likeness (QED) is 0.343. The third-order valence-electron chi connectivity index (χ3n) is 7.14. The van der Waals surface area contributed by atoms with Gasteiger partial charge in [0.15, 0.2) is 0 Å². The maximum Gasteiger partial charge on any atom is 1.00 e. The Morgan fingerprint density at radius 3 is 1.29 bits per heavy atom. The third-order valence-corrected chi connectivity index (χ3v) is 7.14. The summed E-state index contributed by atoms with van der Waals surface area (Å²) in [7, 11) is 0. The van der Waals surface area contributed by atoms with E-state index in [1.54, 1.807) is 0 Å². The first-order valence-corrected chi connectivity index (χ1v) is 13.3. The van der Waals surface area contributed by atoms with Crippen LogP contribution < -0.4 is 37.7 Å². The van der Waals surface area contributed by atoms with E-state index in [1.807, 2.05) is 0 Å². The Labute approximate surface area is 238 Å². The van der Waals surface area contributed by atoms with Gasteiger partial charge in [-0.1, -0.05) is 103 Å². The number of piperidine rings is 2. The van der Waals surface area contributed by atoms with Crippen LogP contribution in [0.3, 0.4) is 0 Å². The van der Waals surface area contributed by atoms with Crippen LogP contribution in [0.1, 0.15) is 68.2 Å². The molecule has 0 N–H and O–H groups in total. The molecular formula is C29H42Li2N4. The summed E-state index contributed by atoms with van der Waals surface area (Å²) in [5.74, 6) is 0. The zero-order valence-electron chi connectivity index (χ0n) is 22.3. The summed E-state index contributed by atoms with van der Waals surface area (Å²) in [4.78, 5) is 5.22. The van der Waals surface area contributed by atoms with Crippen LogP contribution in [-0.4, -0.2) is 62.2 Å². The van der Waals surface area contributed by atoms with Gasteiger partial charge < -0.3 is 20.4 Å². The van der Waals surface area contributed by atoms with Crippen molar-refractivity contribution in [1.29, 1.82) is 0 Å². The first-order chi connectivity index (χ1) is 16.4. The van der Waals surface area contributed by atoms with Gasteiger partial charge in [0.05, 0.1) is 0 Å². The third kappa shape index (κ3) is 10.8. The average molecular weight is 461 g/mol. The molecule has 2 heterocycles. The average Bonchev–Trinajstić information content (AvgIpc) is 2.89. The second-order valence-corrected chi connectivity index (χ2v) is 9.74. The minimum Gasteiger partial charge on any atom is -0.655 e. The first-order valence-electron chi connectivity index (χ1n) is 13.3. The first kappa shape index (κ1) is 30.7. The number of likely N-dealkylation sites (tertiary alicyclic amines) is 2. The van der Waals surface area contributed by atoms with Gasteiger partial charge >= 0.3 is 37.7 Å². The topological polar surface area (TPSA) is 34.7 Å². The molecule has 4 nitrogen and oxygen atoms in total. The van der Waals surface area contributed by atoms with Crippen LogP contribution in [0.2, 0.25) is 0 Å². The summed E-state index contributed by atoms with van der Waals surface area (Å²) in [5.41, 5.74) is 2.71. The van der Waals surface area contributed by atoms with E-state index in [9.17, 15) is 0 Å². The van der Waals surface area contributed by atoms with E-state index < -0.39 is 0 Å². The molecular weight excluding hydrogens is 418 g/mol. The smallest absolute Gasteiger partial charge is 0.655 e. The van der Waals surface area contributed by atoms with Crippen molar-refractivity contribution in [3.63, 3.8) is 0 Å². The van der Waals surface area contributed by atoms with Gasteiger partial charge in [-0.3, -0.25) is 0 Å². The van der Waals surface area contributed by atoms with E-state index in [4.69, 9.17) is 10.6 Å². The number of hydrogen-bond donors (Lipinski definition) is 0.